The van der Waals surface area contributed by atoms with Crippen molar-refractivity contribution in [1.82, 2.24) is 0 Å². The Morgan fingerprint density at radius 3 is 2.62 bits per heavy atom. The molecule has 0 aliphatic heterocycles. The zero-order valence-electron chi connectivity index (χ0n) is 11.0. The van der Waals surface area contributed by atoms with Crippen LogP contribution in [0, 0.1) is 28.7 Å². The van der Waals surface area contributed by atoms with Crippen LogP contribution in [0.4, 0.5) is 20.2 Å². The first kappa shape index (κ1) is 15.2. The maximum Gasteiger partial charge on any atom is 0.305 e. The van der Waals surface area contributed by atoms with Crippen LogP contribution in [-0.2, 0) is 6.54 Å². The van der Waals surface area contributed by atoms with E-state index < -0.39 is 22.2 Å². The molecule has 0 heterocycles. The summed E-state index contributed by atoms with van der Waals surface area (Å²) in [6.45, 7) is 1.82. The van der Waals surface area contributed by atoms with Crippen LogP contribution in [0.2, 0.25) is 5.02 Å². The highest BCUT2D eigenvalue weighted by atomic mass is 35.5. The first-order valence-corrected chi connectivity index (χ1v) is 6.38. The van der Waals surface area contributed by atoms with Gasteiger partial charge in [0.1, 0.15) is 5.82 Å². The molecule has 0 spiro atoms. The molecule has 4 nitrogen and oxygen atoms in total. The van der Waals surface area contributed by atoms with E-state index in [1.54, 1.807) is 18.2 Å². The summed E-state index contributed by atoms with van der Waals surface area (Å²) in [6.07, 6.45) is 0. The number of hydrogen-bond donors (Lipinski definition) is 1. The van der Waals surface area contributed by atoms with E-state index in [4.69, 9.17) is 11.6 Å². The van der Waals surface area contributed by atoms with Crippen LogP contribution in [0.5, 0.6) is 0 Å². The van der Waals surface area contributed by atoms with Crippen molar-refractivity contribution in [2.24, 2.45) is 0 Å². The number of nitrogens with zero attached hydrogens (tertiary/aromatic N) is 1. The molecule has 2 rings (SSSR count). The highest BCUT2D eigenvalue weighted by Gasteiger charge is 2.18. The van der Waals surface area contributed by atoms with Gasteiger partial charge in [-0.2, -0.15) is 4.39 Å². The monoisotopic (exact) mass is 312 g/mol. The van der Waals surface area contributed by atoms with Crippen molar-refractivity contribution in [1.29, 1.82) is 0 Å². The Hall–Kier alpha value is -2.21. The van der Waals surface area contributed by atoms with Crippen molar-refractivity contribution in [2.75, 3.05) is 5.32 Å². The van der Waals surface area contributed by atoms with E-state index in [0.717, 1.165) is 11.6 Å². The van der Waals surface area contributed by atoms with Gasteiger partial charge in [0.05, 0.1) is 4.92 Å². The molecular weight excluding hydrogens is 302 g/mol. The van der Waals surface area contributed by atoms with E-state index >= 15 is 0 Å². The minimum absolute atomic E-state index is 0.00229. The molecule has 0 atom stereocenters. The fourth-order valence-electron chi connectivity index (χ4n) is 1.83. The second-order valence-corrected chi connectivity index (χ2v) is 4.90. The van der Waals surface area contributed by atoms with Crippen molar-refractivity contribution in [3.8, 4) is 0 Å². The van der Waals surface area contributed by atoms with E-state index in [2.05, 4.69) is 5.32 Å². The average molecular weight is 313 g/mol. The SMILES string of the molecule is Cc1ccc(Cl)cc1NCc1cc([N+](=O)[O-])c(F)cc1F. The Balaban J connectivity index is 2.25. The number of nitrogens with one attached hydrogen (secondary N) is 1. The summed E-state index contributed by atoms with van der Waals surface area (Å²) >= 11 is 5.86. The van der Waals surface area contributed by atoms with Gasteiger partial charge in [-0.15, -0.1) is 0 Å². The van der Waals surface area contributed by atoms with E-state index in [-0.39, 0.29) is 12.1 Å². The number of halogens is 3. The predicted octanol–water partition coefficient (Wildman–Crippen LogP) is 4.45. The van der Waals surface area contributed by atoms with Crippen molar-refractivity contribution in [3.05, 3.63) is 68.2 Å². The van der Waals surface area contributed by atoms with Gasteiger partial charge in [-0.3, -0.25) is 10.1 Å². The third-order valence-corrected chi connectivity index (χ3v) is 3.22. The zero-order chi connectivity index (χ0) is 15.6. The Morgan fingerprint density at radius 1 is 1.24 bits per heavy atom. The number of benzene rings is 2. The third kappa shape index (κ3) is 3.46. The molecule has 0 aliphatic rings. The van der Waals surface area contributed by atoms with Gasteiger partial charge in [0.25, 0.3) is 0 Å². The summed E-state index contributed by atoms with van der Waals surface area (Å²) in [5.41, 5.74) is 0.809. The van der Waals surface area contributed by atoms with Crippen molar-refractivity contribution < 1.29 is 13.7 Å². The van der Waals surface area contributed by atoms with Gasteiger partial charge in [0.2, 0.25) is 5.82 Å². The Labute approximate surface area is 124 Å². The lowest BCUT2D eigenvalue weighted by atomic mass is 10.1. The highest BCUT2D eigenvalue weighted by Crippen LogP contribution is 2.24. The molecule has 7 heteroatoms. The van der Waals surface area contributed by atoms with Gasteiger partial charge in [-0.25, -0.2) is 4.39 Å². The molecule has 0 aliphatic carbocycles. The molecule has 110 valence electrons. The van der Waals surface area contributed by atoms with Crippen molar-refractivity contribution >= 4 is 23.0 Å². The zero-order valence-corrected chi connectivity index (χ0v) is 11.7. The smallest absolute Gasteiger partial charge is 0.305 e. The number of anilines is 1. The van der Waals surface area contributed by atoms with Gasteiger partial charge in [0.15, 0.2) is 0 Å². The standard InChI is InChI=1S/C14H11ClF2N2O2/c1-8-2-3-10(15)5-13(8)18-7-9-4-14(19(20)21)12(17)6-11(9)16/h2-6,18H,7H2,1H3. The van der Waals surface area contributed by atoms with E-state index in [1.165, 1.54) is 0 Å². The molecule has 0 saturated heterocycles. The van der Waals surface area contributed by atoms with Gasteiger partial charge in [-0.05, 0) is 24.6 Å². The summed E-state index contributed by atoms with van der Waals surface area (Å²) < 4.78 is 26.9. The number of nitro benzene ring substituents is 1. The van der Waals surface area contributed by atoms with Crippen molar-refractivity contribution in [3.63, 3.8) is 0 Å². The molecular formula is C14H11ClF2N2O2. The maximum atomic E-state index is 13.6. The Bertz CT molecular complexity index is 708. The summed E-state index contributed by atoms with van der Waals surface area (Å²) in [6, 6.07) is 6.56. The lowest BCUT2D eigenvalue weighted by Crippen LogP contribution is -2.05. The predicted molar refractivity (Wildman–Crippen MR) is 76.5 cm³/mol. The fourth-order valence-corrected chi connectivity index (χ4v) is 2.00. The number of nitro groups is 1. The second-order valence-electron chi connectivity index (χ2n) is 4.46. The van der Waals surface area contributed by atoms with E-state index in [0.29, 0.717) is 16.8 Å². The topological polar surface area (TPSA) is 55.2 Å². The summed E-state index contributed by atoms with van der Waals surface area (Å²) in [5.74, 6) is -2.04. The minimum Gasteiger partial charge on any atom is -0.381 e. The molecule has 0 bridgehead atoms. The molecule has 0 aromatic heterocycles. The molecule has 2 aromatic carbocycles. The normalized spacial score (nSPS) is 10.5. The summed E-state index contributed by atoms with van der Waals surface area (Å²) in [5, 5.41) is 14.1. The minimum atomic E-state index is -1.19. The first-order chi connectivity index (χ1) is 9.88. The van der Waals surface area contributed by atoms with E-state index in [1.807, 2.05) is 6.92 Å². The quantitative estimate of drug-likeness (QED) is 0.670. The molecule has 0 saturated carbocycles. The molecule has 0 unspecified atom stereocenters. The molecule has 0 radical (unpaired) electrons. The molecule has 0 amide bonds. The maximum absolute atomic E-state index is 13.6. The highest BCUT2D eigenvalue weighted by molar-refractivity contribution is 6.30. The molecule has 2 aromatic rings. The summed E-state index contributed by atoms with van der Waals surface area (Å²) in [7, 11) is 0. The fraction of sp³-hybridized carbons (Fsp3) is 0.143. The van der Waals surface area contributed by atoms with Crippen molar-refractivity contribution in [2.45, 2.75) is 13.5 Å². The van der Waals surface area contributed by atoms with Crippen LogP contribution < -0.4 is 5.32 Å². The molecule has 21 heavy (non-hydrogen) atoms. The average Bonchev–Trinajstić information content (AvgIpc) is 2.41. The van der Waals surface area contributed by atoms with Gasteiger partial charge in [-0.1, -0.05) is 17.7 Å². The Morgan fingerprint density at radius 2 is 1.95 bits per heavy atom. The summed E-state index contributed by atoms with van der Waals surface area (Å²) in [4.78, 5) is 9.78. The lowest BCUT2D eigenvalue weighted by molar-refractivity contribution is -0.387. The van der Waals surface area contributed by atoms with Crippen LogP contribution in [0.15, 0.2) is 30.3 Å². The van der Waals surface area contributed by atoms with Gasteiger partial charge >= 0.3 is 5.69 Å². The van der Waals surface area contributed by atoms with Gasteiger partial charge in [0, 0.05) is 35.0 Å². The third-order valence-electron chi connectivity index (χ3n) is 2.98. The molecule has 1 N–H and O–H groups in total. The van der Waals surface area contributed by atoms with E-state index in [9.17, 15) is 18.9 Å². The van der Waals surface area contributed by atoms with Gasteiger partial charge < -0.3 is 5.32 Å². The molecule has 0 fully saturated rings. The largest absolute Gasteiger partial charge is 0.381 e. The number of hydrogen-bond acceptors (Lipinski definition) is 3. The number of rotatable bonds is 4. The second kappa shape index (κ2) is 6.05. The van der Waals surface area contributed by atoms with Crippen LogP contribution >= 0.6 is 11.6 Å². The van der Waals surface area contributed by atoms with Crippen LogP contribution in [0.3, 0.4) is 0 Å². The van der Waals surface area contributed by atoms with Crippen LogP contribution in [0.25, 0.3) is 0 Å². The van der Waals surface area contributed by atoms with Crippen LogP contribution in [0.1, 0.15) is 11.1 Å². The first-order valence-electron chi connectivity index (χ1n) is 6.01. The lowest BCUT2D eigenvalue weighted by Gasteiger charge is -2.11. The number of aryl methyl sites for hydroxylation is 1. The van der Waals surface area contributed by atoms with Crippen LogP contribution in [-0.4, -0.2) is 4.92 Å². The Kier molecular flexibility index (Phi) is 4.37.